The van der Waals surface area contributed by atoms with Crippen molar-refractivity contribution in [2.45, 2.75) is 6.54 Å². The van der Waals surface area contributed by atoms with E-state index in [1.165, 1.54) is 6.07 Å². The van der Waals surface area contributed by atoms with Crippen LogP contribution in [0.15, 0.2) is 53.0 Å². The summed E-state index contributed by atoms with van der Waals surface area (Å²) in [6, 6.07) is 15.1. The lowest BCUT2D eigenvalue weighted by molar-refractivity contribution is 0.621. The molecule has 88 valence electrons. The van der Waals surface area contributed by atoms with Crippen LogP contribution in [-0.2, 0) is 6.54 Å². The number of anilines is 1. The van der Waals surface area contributed by atoms with Gasteiger partial charge in [-0.25, -0.2) is 4.39 Å². The fourth-order valence-corrected chi connectivity index (χ4v) is 2.07. The molecule has 0 aliphatic heterocycles. The van der Waals surface area contributed by atoms with Crippen LogP contribution in [0.4, 0.5) is 10.1 Å². The Bertz CT molecular complexity index is 499. The number of halogens is 2. The third-order valence-electron chi connectivity index (χ3n) is 2.58. The van der Waals surface area contributed by atoms with E-state index in [0.717, 1.165) is 10.0 Å². The SMILES string of the molecule is CN(Cc1ccccc1)c1ccc(Br)cc1F. The molecule has 0 heterocycles. The largest absolute Gasteiger partial charge is 0.368 e. The molecular weight excluding hydrogens is 281 g/mol. The highest BCUT2D eigenvalue weighted by Crippen LogP contribution is 2.23. The highest BCUT2D eigenvalue weighted by atomic mass is 79.9. The van der Waals surface area contributed by atoms with Crippen LogP contribution in [0.5, 0.6) is 0 Å². The van der Waals surface area contributed by atoms with E-state index in [-0.39, 0.29) is 5.82 Å². The minimum absolute atomic E-state index is 0.210. The second kappa shape index (κ2) is 5.32. The molecule has 0 aliphatic rings. The molecule has 3 heteroatoms. The zero-order chi connectivity index (χ0) is 12.3. The van der Waals surface area contributed by atoms with Crippen molar-refractivity contribution in [3.8, 4) is 0 Å². The Hall–Kier alpha value is -1.35. The number of hydrogen-bond acceptors (Lipinski definition) is 1. The van der Waals surface area contributed by atoms with Crippen LogP contribution < -0.4 is 4.90 Å². The molecule has 0 fully saturated rings. The van der Waals surface area contributed by atoms with Crippen molar-refractivity contribution in [3.05, 3.63) is 64.4 Å². The van der Waals surface area contributed by atoms with Gasteiger partial charge in [0.05, 0.1) is 5.69 Å². The second-order valence-electron chi connectivity index (χ2n) is 3.94. The second-order valence-corrected chi connectivity index (χ2v) is 4.85. The molecule has 0 aromatic heterocycles. The van der Waals surface area contributed by atoms with Crippen LogP contribution in [0, 0.1) is 5.82 Å². The maximum Gasteiger partial charge on any atom is 0.147 e. The van der Waals surface area contributed by atoms with Gasteiger partial charge in [-0.15, -0.1) is 0 Å². The molecular formula is C14H13BrFN. The van der Waals surface area contributed by atoms with Gasteiger partial charge in [-0.05, 0) is 23.8 Å². The highest BCUT2D eigenvalue weighted by Gasteiger charge is 2.08. The summed E-state index contributed by atoms with van der Waals surface area (Å²) >= 11 is 3.25. The molecule has 2 rings (SSSR count). The Morgan fingerprint density at radius 2 is 1.82 bits per heavy atom. The van der Waals surface area contributed by atoms with Gasteiger partial charge in [0, 0.05) is 18.1 Å². The van der Waals surface area contributed by atoms with E-state index in [0.29, 0.717) is 12.2 Å². The quantitative estimate of drug-likeness (QED) is 0.819. The van der Waals surface area contributed by atoms with Gasteiger partial charge in [0.1, 0.15) is 5.82 Å². The maximum atomic E-state index is 13.7. The topological polar surface area (TPSA) is 3.24 Å². The van der Waals surface area contributed by atoms with Crippen LogP contribution in [0.1, 0.15) is 5.56 Å². The molecule has 0 spiro atoms. The first-order chi connectivity index (χ1) is 8.16. The van der Waals surface area contributed by atoms with Gasteiger partial charge in [-0.3, -0.25) is 0 Å². The molecule has 0 amide bonds. The number of rotatable bonds is 3. The molecule has 0 saturated heterocycles. The van der Waals surface area contributed by atoms with E-state index in [4.69, 9.17) is 0 Å². The van der Waals surface area contributed by atoms with E-state index < -0.39 is 0 Å². The normalized spacial score (nSPS) is 10.3. The van der Waals surface area contributed by atoms with Crippen molar-refractivity contribution < 1.29 is 4.39 Å². The summed E-state index contributed by atoms with van der Waals surface area (Å²) in [5.74, 6) is -0.210. The molecule has 2 aromatic rings. The monoisotopic (exact) mass is 293 g/mol. The lowest BCUT2D eigenvalue weighted by Crippen LogP contribution is -2.17. The van der Waals surface area contributed by atoms with E-state index in [1.807, 2.05) is 48.3 Å². The molecule has 0 unspecified atom stereocenters. The van der Waals surface area contributed by atoms with Gasteiger partial charge in [-0.1, -0.05) is 46.3 Å². The Labute approximate surface area is 109 Å². The summed E-state index contributed by atoms with van der Waals surface area (Å²) < 4.78 is 14.5. The highest BCUT2D eigenvalue weighted by molar-refractivity contribution is 9.10. The van der Waals surface area contributed by atoms with E-state index in [9.17, 15) is 4.39 Å². The van der Waals surface area contributed by atoms with Crippen molar-refractivity contribution in [2.24, 2.45) is 0 Å². The summed E-state index contributed by atoms with van der Waals surface area (Å²) in [6.45, 7) is 0.694. The van der Waals surface area contributed by atoms with Crippen molar-refractivity contribution in [1.29, 1.82) is 0 Å². The number of nitrogens with zero attached hydrogens (tertiary/aromatic N) is 1. The first-order valence-electron chi connectivity index (χ1n) is 5.37. The minimum Gasteiger partial charge on any atom is -0.368 e. The summed E-state index contributed by atoms with van der Waals surface area (Å²) in [5.41, 5.74) is 1.77. The van der Waals surface area contributed by atoms with Crippen LogP contribution in [0.25, 0.3) is 0 Å². The molecule has 0 saturated carbocycles. The van der Waals surface area contributed by atoms with E-state index in [2.05, 4.69) is 15.9 Å². The van der Waals surface area contributed by atoms with Crippen molar-refractivity contribution in [1.82, 2.24) is 0 Å². The smallest absolute Gasteiger partial charge is 0.147 e. The van der Waals surface area contributed by atoms with Crippen LogP contribution in [0.3, 0.4) is 0 Å². The van der Waals surface area contributed by atoms with Crippen molar-refractivity contribution in [2.75, 3.05) is 11.9 Å². The molecule has 0 aliphatic carbocycles. The molecule has 1 nitrogen and oxygen atoms in total. The van der Waals surface area contributed by atoms with E-state index >= 15 is 0 Å². The Morgan fingerprint density at radius 3 is 2.47 bits per heavy atom. The maximum absolute atomic E-state index is 13.7. The third kappa shape index (κ3) is 3.07. The minimum atomic E-state index is -0.210. The lowest BCUT2D eigenvalue weighted by atomic mass is 10.2. The average molecular weight is 294 g/mol. The zero-order valence-electron chi connectivity index (χ0n) is 9.53. The summed E-state index contributed by atoms with van der Waals surface area (Å²) in [5, 5.41) is 0. The fraction of sp³-hybridized carbons (Fsp3) is 0.143. The van der Waals surface area contributed by atoms with Gasteiger partial charge in [0.2, 0.25) is 0 Å². The summed E-state index contributed by atoms with van der Waals surface area (Å²) in [6.07, 6.45) is 0. The predicted octanol–water partition coefficient (Wildman–Crippen LogP) is 4.22. The molecule has 0 bridgehead atoms. The number of hydrogen-bond donors (Lipinski definition) is 0. The number of benzene rings is 2. The van der Waals surface area contributed by atoms with Gasteiger partial charge < -0.3 is 4.90 Å². The van der Waals surface area contributed by atoms with Crippen molar-refractivity contribution in [3.63, 3.8) is 0 Å². The van der Waals surface area contributed by atoms with Crippen molar-refractivity contribution >= 4 is 21.6 Å². The Kier molecular flexibility index (Phi) is 3.79. The fourth-order valence-electron chi connectivity index (χ4n) is 1.73. The van der Waals surface area contributed by atoms with E-state index in [1.54, 1.807) is 6.07 Å². The van der Waals surface area contributed by atoms with Crippen LogP contribution >= 0.6 is 15.9 Å². The Balaban J connectivity index is 2.17. The zero-order valence-corrected chi connectivity index (χ0v) is 11.1. The van der Waals surface area contributed by atoms with Gasteiger partial charge in [-0.2, -0.15) is 0 Å². The predicted molar refractivity (Wildman–Crippen MR) is 72.6 cm³/mol. The van der Waals surface area contributed by atoms with Gasteiger partial charge in [0.25, 0.3) is 0 Å². The average Bonchev–Trinajstić information content (AvgIpc) is 2.30. The Morgan fingerprint density at radius 1 is 1.12 bits per heavy atom. The molecule has 0 N–H and O–H groups in total. The molecule has 0 radical (unpaired) electrons. The summed E-state index contributed by atoms with van der Waals surface area (Å²) in [4.78, 5) is 1.90. The van der Waals surface area contributed by atoms with Gasteiger partial charge >= 0.3 is 0 Å². The first kappa shape index (κ1) is 12.1. The molecule has 2 aromatic carbocycles. The van der Waals surface area contributed by atoms with Crippen LogP contribution in [-0.4, -0.2) is 7.05 Å². The van der Waals surface area contributed by atoms with Gasteiger partial charge in [0.15, 0.2) is 0 Å². The third-order valence-corrected chi connectivity index (χ3v) is 3.08. The molecule has 0 atom stereocenters. The standard InChI is InChI=1S/C14H13BrFN/c1-17(10-11-5-3-2-4-6-11)14-8-7-12(15)9-13(14)16/h2-9H,10H2,1H3. The van der Waals surface area contributed by atoms with Crippen LogP contribution in [0.2, 0.25) is 0 Å². The summed E-state index contributed by atoms with van der Waals surface area (Å²) in [7, 11) is 1.89. The lowest BCUT2D eigenvalue weighted by Gasteiger charge is -2.20. The first-order valence-corrected chi connectivity index (χ1v) is 6.16. The molecule has 17 heavy (non-hydrogen) atoms.